The number of hydrogen-bond donors (Lipinski definition) is 0. The molecule has 1 aliphatic heterocycles. The van der Waals surface area contributed by atoms with E-state index in [9.17, 15) is 13.2 Å². The summed E-state index contributed by atoms with van der Waals surface area (Å²) in [6.45, 7) is 3.90. The number of alkyl halides is 3. The molecule has 4 aromatic rings. The molecule has 5 rings (SSSR count). The molecule has 0 saturated heterocycles. The van der Waals surface area contributed by atoms with E-state index in [-0.39, 0.29) is 11.6 Å². The lowest BCUT2D eigenvalue weighted by Gasteiger charge is -2.28. The van der Waals surface area contributed by atoms with Crippen LogP contribution in [0.25, 0.3) is 17.8 Å². The van der Waals surface area contributed by atoms with Crippen LogP contribution < -0.4 is 4.74 Å². The smallest absolute Gasteiger partial charge is 0.416 e. The van der Waals surface area contributed by atoms with Crippen molar-refractivity contribution in [2.75, 3.05) is 7.11 Å². The molecule has 2 atom stereocenters. The average Bonchev–Trinajstić information content (AvgIpc) is 3.49. The van der Waals surface area contributed by atoms with Crippen molar-refractivity contribution in [3.05, 3.63) is 83.1 Å². The summed E-state index contributed by atoms with van der Waals surface area (Å²) in [6.07, 6.45) is 3.90. The molecule has 0 spiro atoms. The quantitative estimate of drug-likeness (QED) is 0.348. The summed E-state index contributed by atoms with van der Waals surface area (Å²) in [4.78, 5) is 13.4. The van der Waals surface area contributed by atoms with Crippen LogP contribution in [0.3, 0.4) is 0 Å². The van der Waals surface area contributed by atoms with Crippen LogP contribution in [0.15, 0.2) is 48.9 Å². The van der Waals surface area contributed by atoms with Gasteiger partial charge < -0.3 is 9.30 Å². The monoisotopic (exact) mass is 494 g/mol. The van der Waals surface area contributed by atoms with Gasteiger partial charge in [-0.05, 0) is 62.6 Å². The Bertz CT molecular complexity index is 1420. The summed E-state index contributed by atoms with van der Waals surface area (Å²) >= 11 is 0. The third-order valence-electron chi connectivity index (χ3n) is 6.37. The first-order valence-corrected chi connectivity index (χ1v) is 11.6. The van der Waals surface area contributed by atoms with Crippen LogP contribution in [0.5, 0.6) is 5.88 Å². The zero-order valence-electron chi connectivity index (χ0n) is 20.1. The number of benzene rings is 1. The Morgan fingerprint density at radius 2 is 1.86 bits per heavy atom. The SMILES string of the molecule is COc1nc(C=Cc2nc3n(n2)[C@H](C)CC[C@H]3c2ccccc2C(F)(F)F)ccc1-n1cnc(C)c1. The Morgan fingerprint density at radius 1 is 1.06 bits per heavy atom. The molecule has 0 aliphatic carbocycles. The predicted molar refractivity (Wildman–Crippen MR) is 129 cm³/mol. The second kappa shape index (κ2) is 9.25. The van der Waals surface area contributed by atoms with Crippen LogP contribution >= 0.6 is 0 Å². The fraction of sp³-hybridized carbons (Fsp3) is 0.308. The van der Waals surface area contributed by atoms with Crippen molar-refractivity contribution in [3.8, 4) is 11.6 Å². The van der Waals surface area contributed by atoms with Crippen LogP contribution in [-0.4, -0.2) is 36.4 Å². The number of rotatable bonds is 5. The van der Waals surface area contributed by atoms with Gasteiger partial charge in [0.25, 0.3) is 0 Å². The fourth-order valence-corrected chi connectivity index (χ4v) is 4.60. The van der Waals surface area contributed by atoms with Crippen molar-refractivity contribution < 1.29 is 17.9 Å². The lowest BCUT2D eigenvalue weighted by Crippen LogP contribution is -2.23. The maximum absolute atomic E-state index is 13.7. The molecule has 0 bridgehead atoms. The first kappa shape index (κ1) is 23.8. The van der Waals surface area contributed by atoms with Crippen molar-refractivity contribution in [1.82, 2.24) is 29.3 Å². The third kappa shape index (κ3) is 4.50. The molecule has 1 aromatic carbocycles. The van der Waals surface area contributed by atoms with Crippen molar-refractivity contribution in [2.24, 2.45) is 0 Å². The van der Waals surface area contributed by atoms with Gasteiger partial charge in [0.1, 0.15) is 11.5 Å². The highest BCUT2D eigenvalue weighted by Gasteiger charge is 2.38. The maximum Gasteiger partial charge on any atom is 0.416 e. The Kier molecular flexibility index (Phi) is 6.11. The number of methoxy groups -OCH3 is 1. The molecule has 0 N–H and O–H groups in total. The Labute approximate surface area is 206 Å². The van der Waals surface area contributed by atoms with E-state index in [2.05, 4.69) is 20.1 Å². The second-order valence-corrected chi connectivity index (χ2v) is 8.86. The number of fused-ring (bicyclic) bond motifs is 1. The van der Waals surface area contributed by atoms with Crippen LogP contribution in [0, 0.1) is 6.92 Å². The van der Waals surface area contributed by atoms with Gasteiger partial charge in [0.2, 0.25) is 5.88 Å². The molecule has 10 heteroatoms. The van der Waals surface area contributed by atoms with Gasteiger partial charge in [-0.1, -0.05) is 18.2 Å². The number of halogens is 3. The molecule has 0 amide bonds. The lowest BCUT2D eigenvalue weighted by atomic mass is 9.86. The topological polar surface area (TPSA) is 70.7 Å². The summed E-state index contributed by atoms with van der Waals surface area (Å²) in [6, 6.07) is 9.48. The van der Waals surface area contributed by atoms with E-state index in [1.807, 2.05) is 36.7 Å². The van der Waals surface area contributed by atoms with Gasteiger partial charge in [-0.15, -0.1) is 0 Å². The largest absolute Gasteiger partial charge is 0.479 e. The fourth-order valence-electron chi connectivity index (χ4n) is 4.60. The van der Waals surface area contributed by atoms with Crippen LogP contribution in [0.4, 0.5) is 13.2 Å². The summed E-state index contributed by atoms with van der Waals surface area (Å²) < 4.78 is 50.1. The Morgan fingerprint density at radius 3 is 2.58 bits per heavy atom. The van der Waals surface area contributed by atoms with E-state index in [0.29, 0.717) is 36.1 Å². The lowest BCUT2D eigenvalue weighted by molar-refractivity contribution is -0.138. The summed E-state index contributed by atoms with van der Waals surface area (Å²) in [7, 11) is 1.55. The molecular weight excluding hydrogens is 469 g/mol. The summed E-state index contributed by atoms with van der Waals surface area (Å²) in [5, 5.41) is 4.59. The first-order chi connectivity index (χ1) is 17.2. The van der Waals surface area contributed by atoms with E-state index in [1.54, 1.807) is 36.3 Å². The van der Waals surface area contributed by atoms with Gasteiger partial charge in [0.15, 0.2) is 5.82 Å². The molecule has 4 heterocycles. The minimum atomic E-state index is -4.43. The Hall–Kier alpha value is -3.95. The van der Waals surface area contributed by atoms with E-state index in [1.165, 1.54) is 12.1 Å². The summed E-state index contributed by atoms with van der Waals surface area (Å²) in [5.74, 6) is 0.915. The standard InChI is InChI=1S/C26H25F3N6O/c1-16-14-34(15-30-16)22-12-9-18(31-25(22)36-3)10-13-23-32-24-20(11-8-17(2)35(24)33-23)19-6-4-5-7-21(19)26(27,28)29/h4-7,9-10,12-15,17,20H,8,11H2,1-3H3/t17-,20+/m1/s1. The van der Waals surface area contributed by atoms with Crippen LogP contribution in [-0.2, 0) is 6.18 Å². The highest BCUT2D eigenvalue weighted by molar-refractivity contribution is 5.65. The molecule has 36 heavy (non-hydrogen) atoms. The number of aromatic nitrogens is 6. The van der Waals surface area contributed by atoms with Gasteiger partial charge in [-0.2, -0.15) is 18.3 Å². The maximum atomic E-state index is 13.7. The van der Waals surface area contributed by atoms with Crippen LogP contribution in [0.1, 0.15) is 65.9 Å². The van der Waals surface area contributed by atoms with Crippen molar-refractivity contribution in [1.29, 1.82) is 0 Å². The van der Waals surface area contributed by atoms with Crippen molar-refractivity contribution in [2.45, 2.75) is 44.8 Å². The van der Waals surface area contributed by atoms with Crippen molar-refractivity contribution >= 4 is 12.2 Å². The van der Waals surface area contributed by atoms with Gasteiger partial charge in [-0.25, -0.2) is 19.6 Å². The second-order valence-electron chi connectivity index (χ2n) is 8.86. The molecule has 0 saturated carbocycles. The molecule has 3 aromatic heterocycles. The number of nitrogens with zero attached hydrogens (tertiary/aromatic N) is 6. The molecule has 1 aliphatic rings. The Balaban J connectivity index is 1.46. The van der Waals surface area contributed by atoms with E-state index < -0.39 is 17.7 Å². The average molecular weight is 495 g/mol. The number of aryl methyl sites for hydroxylation is 1. The zero-order valence-corrected chi connectivity index (χ0v) is 20.1. The number of pyridine rings is 1. The number of ether oxygens (including phenoxy) is 1. The first-order valence-electron chi connectivity index (χ1n) is 11.6. The van der Waals surface area contributed by atoms with Gasteiger partial charge in [0, 0.05) is 12.1 Å². The van der Waals surface area contributed by atoms with Gasteiger partial charge in [-0.3, -0.25) is 0 Å². The highest BCUT2D eigenvalue weighted by atomic mass is 19.4. The van der Waals surface area contributed by atoms with E-state index in [4.69, 9.17) is 4.74 Å². The molecule has 0 radical (unpaired) electrons. The number of hydrogen-bond acceptors (Lipinski definition) is 5. The van der Waals surface area contributed by atoms with E-state index >= 15 is 0 Å². The minimum Gasteiger partial charge on any atom is -0.479 e. The van der Waals surface area contributed by atoms with Gasteiger partial charge in [0.05, 0.1) is 36.4 Å². The molecule has 0 fully saturated rings. The molecular formula is C26H25F3N6O. The van der Waals surface area contributed by atoms with E-state index in [0.717, 1.165) is 17.4 Å². The zero-order chi connectivity index (χ0) is 25.4. The normalized spacial score (nSPS) is 17.9. The highest BCUT2D eigenvalue weighted by Crippen LogP contribution is 2.42. The number of imidazole rings is 1. The summed E-state index contributed by atoms with van der Waals surface area (Å²) in [5.41, 5.74) is 1.87. The minimum absolute atomic E-state index is 0.0417. The predicted octanol–water partition coefficient (Wildman–Crippen LogP) is 5.85. The molecule has 0 unspecified atom stereocenters. The van der Waals surface area contributed by atoms with Crippen molar-refractivity contribution in [3.63, 3.8) is 0 Å². The third-order valence-corrected chi connectivity index (χ3v) is 6.37. The molecule has 7 nitrogen and oxygen atoms in total. The molecule has 186 valence electrons. The van der Waals surface area contributed by atoms with Crippen LogP contribution in [0.2, 0.25) is 0 Å². The van der Waals surface area contributed by atoms with Gasteiger partial charge >= 0.3 is 6.18 Å².